The molecule has 0 saturated carbocycles. The number of hydrogen-bond donors (Lipinski definition) is 0. The lowest BCUT2D eigenvalue weighted by Crippen LogP contribution is -2.00. The second-order valence-electron chi connectivity index (χ2n) is 3.78. The van der Waals surface area contributed by atoms with Crippen LogP contribution in [0, 0.1) is 5.92 Å². The highest BCUT2D eigenvalue weighted by atomic mass is 16.5. The first-order valence-electron chi connectivity index (χ1n) is 5.18. The fourth-order valence-electron chi connectivity index (χ4n) is 1.19. The van der Waals surface area contributed by atoms with Crippen molar-refractivity contribution >= 4 is 0 Å². The zero-order valence-corrected chi connectivity index (χ0v) is 8.94. The first-order valence-corrected chi connectivity index (χ1v) is 5.18. The van der Waals surface area contributed by atoms with Crippen molar-refractivity contribution in [3.05, 3.63) is 18.6 Å². The third-order valence-corrected chi connectivity index (χ3v) is 1.97. The van der Waals surface area contributed by atoms with Gasteiger partial charge in [-0.25, -0.2) is 4.98 Å². The van der Waals surface area contributed by atoms with E-state index in [1.54, 1.807) is 18.6 Å². The number of nitrogens with zero attached hydrogens (tertiary/aromatic N) is 2. The minimum absolute atomic E-state index is 0.622. The molecule has 0 aliphatic rings. The van der Waals surface area contributed by atoms with Crippen LogP contribution in [0.3, 0.4) is 0 Å². The number of aromatic nitrogens is 2. The van der Waals surface area contributed by atoms with E-state index in [9.17, 15) is 0 Å². The van der Waals surface area contributed by atoms with Gasteiger partial charge < -0.3 is 4.74 Å². The highest BCUT2D eigenvalue weighted by molar-refractivity contribution is 5.00. The Labute approximate surface area is 85.5 Å². The van der Waals surface area contributed by atoms with Crippen molar-refractivity contribution < 1.29 is 4.74 Å². The molecule has 3 nitrogen and oxygen atoms in total. The van der Waals surface area contributed by atoms with E-state index in [-0.39, 0.29) is 0 Å². The molecule has 0 unspecified atom stereocenters. The Hall–Kier alpha value is -1.12. The normalized spacial score (nSPS) is 10.5. The fraction of sp³-hybridized carbons (Fsp3) is 0.636. The zero-order chi connectivity index (χ0) is 10.2. The molecule has 3 heteroatoms. The fourth-order valence-corrected chi connectivity index (χ4v) is 1.19. The van der Waals surface area contributed by atoms with Crippen molar-refractivity contribution in [2.45, 2.75) is 33.1 Å². The van der Waals surface area contributed by atoms with Gasteiger partial charge in [0.05, 0.1) is 12.8 Å². The Bertz CT molecular complexity index is 236. The van der Waals surface area contributed by atoms with Gasteiger partial charge in [0.1, 0.15) is 0 Å². The van der Waals surface area contributed by atoms with E-state index in [1.165, 1.54) is 12.8 Å². The van der Waals surface area contributed by atoms with Crippen LogP contribution >= 0.6 is 0 Å². The van der Waals surface area contributed by atoms with Crippen LogP contribution in [-0.4, -0.2) is 16.6 Å². The van der Waals surface area contributed by atoms with Gasteiger partial charge in [-0.15, -0.1) is 0 Å². The minimum atomic E-state index is 0.622. The van der Waals surface area contributed by atoms with Crippen LogP contribution < -0.4 is 4.74 Å². The standard InChI is InChI=1S/C11H18N2O/c1-10(2)5-3-4-8-14-11-9-12-6-7-13-11/h6-7,9-10H,3-5,8H2,1-2H3. The average Bonchev–Trinajstić information content (AvgIpc) is 2.18. The third-order valence-electron chi connectivity index (χ3n) is 1.97. The van der Waals surface area contributed by atoms with Crippen molar-refractivity contribution in [2.75, 3.05) is 6.61 Å². The maximum absolute atomic E-state index is 5.41. The smallest absolute Gasteiger partial charge is 0.232 e. The summed E-state index contributed by atoms with van der Waals surface area (Å²) in [6, 6.07) is 0. The highest BCUT2D eigenvalue weighted by Gasteiger charge is 1.96. The van der Waals surface area contributed by atoms with Gasteiger partial charge in [0, 0.05) is 12.4 Å². The molecular weight excluding hydrogens is 176 g/mol. The molecule has 0 bridgehead atoms. The first-order chi connectivity index (χ1) is 6.79. The van der Waals surface area contributed by atoms with Gasteiger partial charge in [0.15, 0.2) is 0 Å². The quantitative estimate of drug-likeness (QED) is 0.653. The minimum Gasteiger partial charge on any atom is -0.477 e. The van der Waals surface area contributed by atoms with E-state index in [0.29, 0.717) is 5.88 Å². The van der Waals surface area contributed by atoms with E-state index in [0.717, 1.165) is 18.9 Å². The summed E-state index contributed by atoms with van der Waals surface area (Å²) in [4.78, 5) is 7.95. The Morgan fingerprint density at radius 2 is 2.14 bits per heavy atom. The van der Waals surface area contributed by atoms with Gasteiger partial charge in [0.2, 0.25) is 5.88 Å². The molecule has 0 aliphatic carbocycles. The molecule has 0 fully saturated rings. The molecule has 0 saturated heterocycles. The van der Waals surface area contributed by atoms with Crippen LogP contribution in [0.1, 0.15) is 33.1 Å². The molecule has 1 aromatic heterocycles. The molecule has 0 aliphatic heterocycles. The Balaban J connectivity index is 2.05. The molecule has 0 N–H and O–H groups in total. The monoisotopic (exact) mass is 194 g/mol. The second kappa shape index (κ2) is 6.35. The maximum Gasteiger partial charge on any atom is 0.232 e. The molecule has 0 atom stereocenters. The Morgan fingerprint density at radius 1 is 1.29 bits per heavy atom. The number of unbranched alkanes of at least 4 members (excludes halogenated alkanes) is 1. The summed E-state index contributed by atoms with van der Waals surface area (Å²) >= 11 is 0. The van der Waals surface area contributed by atoms with Crippen molar-refractivity contribution in [1.29, 1.82) is 0 Å². The predicted octanol–water partition coefficient (Wildman–Crippen LogP) is 2.68. The van der Waals surface area contributed by atoms with Crippen LogP contribution in [0.15, 0.2) is 18.6 Å². The summed E-state index contributed by atoms with van der Waals surface area (Å²) in [5, 5.41) is 0. The molecule has 14 heavy (non-hydrogen) atoms. The lowest BCUT2D eigenvalue weighted by atomic mass is 10.1. The van der Waals surface area contributed by atoms with Gasteiger partial charge in [-0.05, 0) is 18.8 Å². The number of ether oxygens (including phenoxy) is 1. The van der Waals surface area contributed by atoms with Crippen molar-refractivity contribution in [2.24, 2.45) is 5.92 Å². The van der Waals surface area contributed by atoms with Crippen LogP contribution in [0.2, 0.25) is 0 Å². The lowest BCUT2D eigenvalue weighted by Gasteiger charge is -2.05. The summed E-state index contributed by atoms with van der Waals surface area (Å²) in [7, 11) is 0. The largest absolute Gasteiger partial charge is 0.477 e. The number of hydrogen-bond acceptors (Lipinski definition) is 3. The molecular formula is C11H18N2O. The molecule has 0 amide bonds. The van der Waals surface area contributed by atoms with E-state index in [2.05, 4.69) is 23.8 Å². The van der Waals surface area contributed by atoms with Crippen LogP contribution in [-0.2, 0) is 0 Å². The summed E-state index contributed by atoms with van der Waals surface area (Å²) in [6.07, 6.45) is 8.51. The summed E-state index contributed by atoms with van der Waals surface area (Å²) in [5.41, 5.74) is 0. The third kappa shape index (κ3) is 4.80. The van der Waals surface area contributed by atoms with E-state index in [4.69, 9.17) is 4.74 Å². The van der Waals surface area contributed by atoms with Crippen molar-refractivity contribution in [3.8, 4) is 5.88 Å². The van der Waals surface area contributed by atoms with E-state index < -0.39 is 0 Å². The van der Waals surface area contributed by atoms with Crippen LogP contribution in [0.4, 0.5) is 0 Å². The van der Waals surface area contributed by atoms with Crippen LogP contribution in [0.25, 0.3) is 0 Å². The van der Waals surface area contributed by atoms with Gasteiger partial charge in [0.25, 0.3) is 0 Å². The number of rotatable bonds is 6. The summed E-state index contributed by atoms with van der Waals surface area (Å²) in [6.45, 7) is 5.22. The Kier molecular flexibility index (Phi) is 4.97. The topological polar surface area (TPSA) is 35.0 Å². The molecule has 1 heterocycles. The Morgan fingerprint density at radius 3 is 2.79 bits per heavy atom. The molecule has 0 spiro atoms. The second-order valence-corrected chi connectivity index (χ2v) is 3.78. The zero-order valence-electron chi connectivity index (χ0n) is 8.94. The predicted molar refractivity (Wildman–Crippen MR) is 56.2 cm³/mol. The van der Waals surface area contributed by atoms with Crippen LogP contribution in [0.5, 0.6) is 5.88 Å². The maximum atomic E-state index is 5.41. The SMILES string of the molecule is CC(C)CCCCOc1cnccn1. The summed E-state index contributed by atoms with van der Waals surface area (Å²) in [5.74, 6) is 1.41. The van der Waals surface area contributed by atoms with Crippen molar-refractivity contribution in [1.82, 2.24) is 9.97 Å². The highest BCUT2D eigenvalue weighted by Crippen LogP contribution is 2.07. The van der Waals surface area contributed by atoms with Gasteiger partial charge >= 0.3 is 0 Å². The van der Waals surface area contributed by atoms with Gasteiger partial charge in [-0.3, -0.25) is 4.98 Å². The van der Waals surface area contributed by atoms with E-state index >= 15 is 0 Å². The molecule has 0 radical (unpaired) electrons. The summed E-state index contributed by atoms with van der Waals surface area (Å²) < 4.78 is 5.41. The molecule has 1 rings (SSSR count). The molecule has 0 aromatic carbocycles. The van der Waals surface area contributed by atoms with Gasteiger partial charge in [-0.1, -0.05) is 20.3 Å². The van der Waals surface area contributed by atoms with E-state index in [1.807, 2.05) is 0 Å². The molecule has 1 aromatic rings. The average molecular weight is 194 g/mol. The van der Waals surface area contributed by atoms with Gasteiger partial charge in [-0.2, -0.15) is 0 Å². The van der Waals surface area contributed by atoms with Crippen molar-refractivity contribution in [3.63, 3.8) is 0 Å². The molecule has 78 valence electrons. The lowest BCUT2D eigenvalue weighted by molar-refractivity contribution is 0.289. The first kappa shape index (κ1) is 11.0.